The van der Waals surface area contributed by atoms with Crippen LogP contribution in [-0.2, 0) is 4.79 Å². The molecule has 3 nitrogen and oxygen atoms in total. The van der Waals surface area contributed by atoms with Crippen molar-refractivity contribution in [3.8, 4) is 0 Å². The summed E-state index contributed by atoms with van der Waals surface area (Å²) in [5.74, 6) is 0.382. The van der Waals surface area contributed by atoms with Gasteiger partial charge in [-0.25, -0.2) is 0 Å². The molecule has 0 aromatic rings. The highest BCUT2D eigenvalue weighted by molar-refractivity contribution is 5.77. The fraction of sp³-hybridized carbons (Fsp3) is 0.970. The minimum absolute atomic E-state index is 0.382. The van der Waals surface area contributed by atoms with Crippen LogP contribution in [0.2, 0.25) is 0 Å². The van der Waals surface area contributed by atoms with Gasteiger partial charge in [0, 0.05) is 38.1 Å². The molecule has 1 aliphatic rings. The van der Waals surface area contributed by atoms with E-state index < -0.39 is 0 Å². The Bertz CT molecular complexity index is 466. The Labute approximate surface area is 227 Å². The first kappa shape index (κ1) is 33.5. The van der Waals surface area contributed by atoms with Gasteiger partial charge in [-0.1, -0.05) is 129 Å². The topological polar surface area (TPSA) is 23.6 Å². The molecule has 0 aromatic heterocycles. The summed E-state index contributed by atoms with van der Waals surface area (Å²) in [5.41, 5.74) is 0. The summed E-state index contributed by atoms with van der Waals surface area (Å²) in [6.45, 7) is 12.6. The van der Waals surface area contributed by atoms with E-state index >= 15 is 0 Å². The molecule has 0 spiro atoms. The van der Waals surface area contributed by atoms with Gasteiger partial charge in [0.1, 0.15) is 0 Å². The lowest BCUT2D eigenvalue weighted by Crippen LogP contribution is -2.42. The fourth-order valence-electron chi connectivity index (χ4n) is 6.09. The average molecular weight is 507 g/mol. The van der Waals surface area contributed by atoms with Crippen LogP contribution in [0.5, 0.6) is 0 Å². The van der Waals surface area contributed by atoms with Gasteiger partial charge in [-0.05, 0) is 39.5 Å². The van der Waals surface area contributed by atoms with E-state index in [4.69, 9.17) is 0 Å². The monoisotopic (exact) mass is 507 g/mol. The second-order valence-electron chi connectivity index (χ2n) is 12.0. The molecular weight excluding hydrogens is 440 g/mol. The second-order valence-corrected chi connectivity index (χ2v) is 12.0. The summed E-state index contributed by atoms with van der Waals surface area (Å²) in [5, 5.41) is 0. The molecule has 1 amide bonds. The minimum atomic E-state index is 0.382. The van der Waals surface area contributed by atoms with Crippen molar-refractivity contribution in [1.82, 2.24) is 9.80 Å². The molecule has 0 aliphatic carbocycles. The number of amides is 1. The zero-order valence-corrected chi connectivity index (χ0v) is 25.3. The van der Waals surface area contributed by atoms with Crippen molar-refractivity contribution in [2.24, 2.45) is 0 Å². The van der Waals surface area contributed by atoms with Crippen LogP contribution in [0.15, 0.2) is 0 Å². The van der Waals surface area contributed by atoms with Crippen molar-refractivity contribution in [1.29, 1.82) is 0 Å². The van der Waals surface area contributed by atoms with E-state index in [0.717, 1.165) is 38.9 Å². The van der Waals surface area contributed by atoms with Crippen molar-refractivity contribution < 1.29 is 4.79 Å². The Hall–Kier alpha value is -0.570. The van der Waals surface area contributed by atoms with Gasteiger partial charge in [-0.15, -0.1) is 0 Å². The van der Waals surface area contributed by atoms with E-state index in [1.165, 1.54) is 128 Å². The Kier molecular flexibility index (Phi) is 21.9. The lowest BCUT2D eigenvalue weighted by atomic mass is 10.0. The lowest BCUT2D eigenvalue weighted by molar-refractivity contribution is -0.127. The van der Waals surface area contributed by atoms with Gasteiger partial charge in [-0.2, -0.15) is 0 Å². The Balaban J connectivity index is 2.30. The smallest absolute Gasteiger partial charge is 0.222 e. The van der Waals surface area contributed by atoms with E-state index in [0.29, 0.717) is 18.0 Å². The third-order valence-electron chi connectivity index (χ3n) is 8.60. The Morgan fingerprint density at radius 2 is 1.06 bits per heavy atom. The van der Waals surface area contributed by atoms with Crippen molar-refractivity contribution >= 4 is 5.91 Å². The summed E-state index contributed by atoms with van der Waals surface area (Å²) >= 11 is 0. The molecule has 36 heavy (non-hydrogen) atoms. The van der Waals surface area contributed by atoms with Gasteiger partial charge in [0.25, 0.3) is 0 Å². The summed E-state index contributed by atoms with van der Waals surface area (Å²) < 4.78 is 0. The van der Waals surface area contributed by atoms with Crippen LogP contribution < -0.4 is 0 Å². The van der Waals surface area contributed by atoms with Crippen molar-refractivity contribution in [2.75, 3.05) is 19.6 Å². The predicted molar refractivity (Wildman–Crippen MR) is 160 cm³/mol. The molecule has 0 aromatic carbocycles. The maximum absolute atomic E-state index is 12.0. The van der Waals surface area contributed by atoms with Gasteiger partial charge in [0.15, 0.2) is 0 Å². The van der Waals surface area contributed by atoms with Gasteiger partial charge >= 0.3 is 0 Å². The molecule has 2 atom stereocenters. The molecule has 0 N–H and O–H groups in total. The average Bonchev–Trinajstić information content (AvgIpc) is 3.28. The van der Waals surface area contributed by atoms with E-state index in [-0.39, 0.29) is 0 Å². The number of unbranched alkanes of at least 4 members (excludes halogenated alkanes) is 16. The number of carbonyl (C=O) groups excluding carboxylic acids is 1. The maximum atomic E-state index is 12.0. The quantitative estimate of drug-likeness (QED) is 0.109. The zero-order valence-electron chi connectivity index (χ0n) is 25.3. The highest BCUT2D eigenvalue weighted by atomic mass is 16.2. The fourth-order valence-corrected chi connectivity index (χ4v) is 6.09. The zero-order chi connectivity index (χ0) is 26.3. The highest BCUT2D eigenvalue weighted by Crippen LogP contribution is 2.20. The molecule has 3 heteroatoms. The Morgan fingerprint density at radius 3 is 1.44 bits per heavy atom. The van der Waals surface area contributed by atoms with Crippen LogP contribution in [-0.4, -0.2) is 47.4 Å². The molecule has 1 saturated heterocycles. The van der Waals surface area contributed by atoms with E-state index in [2.05, 4.69) is 37.5 Å². The first-order chi connectivity index (χ1) is 17.6. The van der Waals surface area contributed by atoms with Gasteiger partial charge in [0.05, 0.1) is 0 Å². The van der Waals surface area contributed by atoms with E-state index in [1.807, 2.05) is 0 Å². The number of hydrogen-bond acceptors (Lipinski definition) is 2. The van der Waals surface area contributed by atoms with Crippen molar-refractivity contribution in [2.45, 2.75) is 187 Å². The third kappa shape index (κ3) is 17.0. The van der Waals surface area contributed by atoms with Crippen LogP contribution in [0.3, 0.4) is 0 Å². The normalized spacial score (nSPS) is 15.8. The maximum Gasteiger partial charge on any atom is 0.222 e. The third-order valence-corrected chi connectivity index (χ3v) is 8.60. The molecule has 1 aliphatic heterocycles. The first-order valence-electron chi connectivity index (χ1n) is 16.6. The van der Waals surface area contributed by atoms with Crippen LogP contribution in [0.1, 0.15) is 175 Å². The molecule has 1 fully saturated rings. The summed E-state index contributed by atoms with van der Waals surface area (Å²) in [6, 6.07) is 1.33. The molecular formula is C33H66N2O. The molecule has 0 saturated carbocycles. The van der Waals surface area contributed by atoms with E-state index in [1.54, 1.807) is 0 Å². The second kappa shape index (κ2) is 23.5. The van der Waals surface area contributed by atoms with Crippen LogP contribution >= 0.6 is 0 Å². The molecule has 214 valence electrons. The van der Waals surface area contributed by atoms with Gasteiger partial charge in [0.2, 0.25) is 5.91 Å². The largest absolute Gasteiger partial charge is 0.343 e. The number of likely N-dealkylation sites (tertiary alicyclic amines) is 1. The molecule has 2 unspecified atom stereocenters. The molecule has 0 bridgehead atoms. The van der Waals surface area contributed by atoms with Crippen LogP contribution in [0, 0.1) is 0 Å². The van der Waals surface area contributed by atoms with Gasteiger partial charge < -0.3 is 4.90 Å². The first-order valence-corrected chi connectivity index (χ1v) is 16.6. The highest BCUT2D eigenvalue weighted by Gasteiger charge is 2.22. The van der Waals surface area contributed by atoms with Crippen molar-refractivity contribution in [3.63, 3.8) is 0 Å². The summed E-state index contributed by atoms with van der Waals surface area (Å²) in [7, 11) is 0. The summed E-state index contributed by atoms with van der Waals surface area (Å²) in [6.07, 6.45) is 31.0. The number of hydrogen-bond donors (Lipinski definition) is 0. The lowest BCUT2D eigenvalue weighted by Gasteiger charge is -2.35. The molecule has 1 heterocycles. The molecule has 1 rings (SSSR count). The number of nitrogens with zero attached hydrogens (tertiary/aromatic N) is 2. The number of carbonyl (C=O) groups is 1. The minimum Gasteiger partial charge on any atom is -0.343 e. The molecule has 0 radical (unpaired) electrons. The predicted octanol–water partition coefficient (Wildman–Crippen LogP) is 9.92. The van der Waals surface area contributed by atoms with Crippen molar-refractivity contribution in [3.05, 3.63) is 0 Å². The van der Waals surface area contributed by atoms with E-state index in [9.17, 15) is 4.79 Å². The van der Waals surface area contributed by atoms with Crippen LogP contribution in [0.25, 0.3) is 0 Å². The van der Waals surface area contributed by atoms with Gasteiger partial charge in [-0.3, -0.25) is 9.69 Å². The SMILES string of the molecule is CCCCCCCCCCCC(C)N(CCCN1CCCC1=O)C(C)CCCCCCCCCCC. The van der Waals surface area contributed by atoms with Crippen LogP contribution in [0.4, 0.5) is 0 Å². The number of rotatable bonds is 26. The summed E-state index contributed by atoms with van der Waals surface area (Å²) in [4.78, 5) is 16.9. The standard InChI is InChI=1S/C33H66N2O/c1-5-7-9-11-13-15-17-19-21-25-31(3)35(30-24-29-34-28-23-27-33(34)36)32(4)26-22-20-18-16-14-12-10-8-6-2/h31-32H,5-30H2,1-4H3. The Morgan fingerprint density at radius 1 is 0.639 bits per heavy atom.